The molecular weight excluding hydrogens is 422 g/mol. The molecule has 0 unspecified atom stereocenters. The first-order valence-electron chi connectivity index (χ1n) is 9.79. The molecule has 2 aromatic rings. The smallest absolute Gasteiger partial charge is 0.231 e. The molecule has 2 aromatic carbocycles. The standard InChI is InChI=1S/C22H28BrNO4/c1-3-4-5-6-9-24-13-17-10-18(23)22(21(12-17)25-2)26-14-16-7-8-19-20(11-16)28-15-27-19/h7-8,10-12,24H,3-6,9,13-15H2,1-2H3. The molecule has 0 fully saturated rings. The maximum Gasteiger partial charge on any atom is 0.231 e. The van der Waals surface area contributed by atoms with Crippen LogP contribution in [0.15, 0.2) is 34.8 Å². The zero-order chi connectivity index (χ0) is 19.8. The molecule has 152 valence electrons. The van der Waals surface area contributed by atoms with Crippen molar-refractivity contribution >= 4 is 15.9 Å². The van der Waals surface area contributed by atoms with Crippen molar-refractivity contribution in [2.75, 3.05) is 20.4 Å². The average Bonchev–Trinajstić information content (AvgIpc) is 3.17. The molecule has 0 radical (unpaired) electrons. The number of methoxy groups -OCH3 is 1. The first-order chi connectivity index (χ1) is 13.7. The van der Waals surface area contributed by atoms with E-state index in [-0.39, 0.29) is 6.79 Å². The number of halogens is 1. The lowest BCUT2D eigenvalue weighted by Crippen LogP contribution is -2.14. The fourth-order valence-electron chi connectivity index (χ4n) is 3.11. The fraction of sp³-hybridized carbons (Fsp3) is 0.455. The Hall–Kier alpha value is -1.92. The van der Waals surface area contributed by atoms with Crippen LogP contribution in [0.5, 0.6) is 23.0 Å². The molecule has 6 heteroatoms. The molecule has 0 bridgehead atoms. The Labute approximate surface area is 175 Å². The Balaban J connectivity index is 1.58. The SMILES string of the molecule is CCCCCCNCc1cc(Br)c(OCc2ccc3c(c2)OCO3)c(OC)c1. The highest BCUT2D eigenvalue weighted by Gasteiger charge is 2.15. The van der Waals surface area contributed by atoms with Gasteiger partial charge in [0.2, 0.25) is 6.79 Å². The summed E-state index contributed by atoms with van der Waals surface area (Å²) in [6, 6.07) is 9.93. The molecule has 0 aliphatic carbocycles. The third-order valence-corrected chi connectivity index (χ3v) is 5.23. The average molecular weight is 450 g/mol. The van der Waals surface area contributed by atoms with Gasteiger partial charge in [0.05, 0.1) is 11.6 Å². The minimum Gasteiger partial charge on any atom is -0.493 e. The summed E-state index contributed by atoms with van der Waals surface area (Å²) in [6.07, 6.45) is 5.06. The van der Waals surface area contributed by atoms with Crippen molar-refractivity contribution < 1.29 is 18.9 Å². The second-order valence-corrected chi connectivity index (χ2v) is 7.68. The molecule has 28 heavy (non-hydrogen) atoms. The number of nitrogens with one attached hydrogen (secondary N) is 1. The molecule has 1 aliphatic heterocycles. The van der Waals surface area contributed by atoms with E-state index in [9.17, 15) is 0 Å². The molecular formula is C22H28BrNO4. The molecule has 5 nitrogen and oxygen atoms in total. The predicted octanol–water partition coefficient (Wildman–Crippen LogP) is 5.44. The quantitative estimate of drug-likeness (QED) is 0.463. The summed E-state index contributed by atoms with van der Waals surface area (Å²) < 4.78 is 23.3. The van der Waals surface area contributed by atoms with Crippen LogP contribution >= 0.6 is 15.9 Å². The van der Waals surface area contributed by atoms with Crippen LogP contribution in [0.25, 0.3) is 0 Å². The number of benzene rings is 2. The van der Waals surface area contributed by atoms with E-state index in [0.717, 1.165) is 45.9 Å². The van der Waals surface area contributed by atoms with Gasteiger partial charge in [0, 0.05) is 6.54 Å². The van der Waals surface area contributed by atoms with Crippen LogP contribution in [0.3, 0.4) is 0 Å². The maximum absolute atomic E-state index is 6.04. The maximum atomic E-state index is 6.04. The number of hydrogen-bond acceptors (Lipinski definition) is 5. The van der Waals surface area contributed by atoms with Gasteiger partial charge in [0.25, 0.3) is 0 Å². The normalized spacial score (nSPS) is 12.2. The summed E-state index contributed by atoms with van der Waals surface area (Å²) in [4.78, 5) is 0. The van der Waals surface area contributed by atoms with Crippen LogP contribution in [0, 0.1) is 0 Å². The lowest BCUT2D eigenvalue weighted by atomic mass is 10.1. The lowest BCUT2D eigenvalue weighted by molar-refractivity contribution is 0.174. The minimum absolute atomic E-state index is 0.271. The molecule has 0 saturated carbocycles. The summed E-state index contributed by atoms with van der Waals surface area (Å²) in [7, 11) is 1.66. The van der Waals surface area contributed by atoms with Crippen LogP contribution < -0.4 is 24.3 Å². The van der Waals surface area contributed by atoms with Gasteiger partial charge in [-0.15, -0.1) is 0 Å². The summed E-state index contributed by atoms with van der Waals surface area (Å²) >= 11 is 3.63. The first-order valence-corrected chi connectivity index (χ1v) is 10.6. The highest BCUT2D eigenvalue weighted by molar-refractivity contribution is 9.10. The molecule has 0 saturated heterocycles. The van der Waals surface area contributed by atoms with Crippen molar-refractivity contribution in [1.82, 2.24) is 5.32 Å². The van der Waals surface area contributed by atoms with Gasteiger partial charge < -0.3 is 24.3 Å². The summed E-state index contributed by atoms with van der Waals surface area (Å²) in [5, 5.41) is 3.50. The third-order valence-electron chi connectivity index (χ3n) is 4.65. The lowest BCUT2D eigenvalue weighted by Gasteiger charge is -2.15. The summed E-state index contributed by atoms with van der Waals surface area (Å²) in [5.41, 5.74) is 2.17. The van der Waals surface area contributed by atoms with Crippen molar-refractivity contribution in [3.05, 3.63) is 45.9 Å². The van der Waals surface area contributed by atoms with E-state index in [2.05, 4.69) is 34.2 Å². The zero-order valence-electron chi connectivity index (χ0n) is 16.6. The van der Waals surface area contributed by atoms with Gasteiger partial charge in [-0.05, 0) is 64.3 Å². The van der Waals surface area contributed by atoms with Crippen molar-refractivity contribution in [2.45, 2.75) is 45.8 Å². The predicted molar refractivity (Wildman–Crippen MR) is 113 cm³/mol. The largest absolute Gasteiger partial charge is 0.493 e. The Morgan fingerprint density at radius 3 is 2.71 bits per heavy atom. The van der Waals surface area contributed by atoms with Crippen LogP contribution in [0.4, 0.5) is 0 Å². The number of rotatable bonds is 11. The first kappa shape index (κ1) is 20.8. The van der Waals surface area contributed by atoms with Gasteiger partial charge in [-0.1, -0.05) is 32.3 Å². The molecule has 1 aliphatic rings. The van der Waals surface area contributed by atoms with Crippen molar-refractivity contribution in [3.63, 3.8) is 0 Å². The van der Waals surface area contributed by atoms with E-state index in [1.807, 2.05) is 24.3 Å². The van der Waals surface area contributed by atoms with E-state index in [1.165, 1.54) is 25.7 Å². The Kier molecular flexibility index (Phi) is 7.86. The number of ether oxygens (including phenoxy) is 4. The molecule has 3 rings (SSSR count). The molecule has 0 amide bonds. The van der Waals surface area contributed by atoms with E-state index in [0.29, 0.717) is 12.4 Å². The van der Waals surface area contributed by atoms with Crippen molar-refractivity contribution in [3.8, 4) is 23.0 Å². The Morgan fingerprint density at radius 2 is 1.89 bits per heavy atom. The van der Waals surface area contributed by atoms with Crippen molar-refractivity contribution in [1.29, 1.82) is 0 Å². The second-order valence-electron chi connectivity index (χ2n) is 6.82. The van der Waals surface area contributed by atoms with E-state index >= 15 is 0 Å². The summed E-state index contributed by atoms with van der Waals surface area (Å²) in [6.45, 7) is 4.76. The summed E-state index contributed by atoms with van der Waals surface area (Å²) in [5.74, 6) is 2.95. The third kappa shape index (κ3) is 5.55. The molecule has 0 atom stereocenters. The molecule has 0 aromatic heterocycles. The fourth-order valence-corrected chi connectivity index (χ4v) is 3.71. The van der Waals surface area contributed by atoms with E-state index in [1.54, 1.807) is 7.11 Å². The number of unbranched alkanes of at least 4 members (excludes halogenated alkanes) is 3. The van der Waals surface area contributed by atoms with Gasteiger partial charge in [0.1, 0.15) is 6.61 Å². The van der Waals surface area contributed by atoms with E-state index < -0.39 is 0 Å². The molecule has 1 N–H and O–H groups in total. The Morgan fingerprint density at radius 1 is 1.04 bits per heavy atom. The van der Waals surface area contributed by atoms with Gasteiger partial charge in [-0.2, -0.15) is 0 Å². The zero-order valence-corrected chi connectivity index (χ0v) is 18.1. The van der Waals surface area contributed by atoms with Gasteiger partial charge >= 0.3 is 0 Å². The Bertz CT molecular complexity index is 781. The van der Waals surface area contributed by atoms with Gasteiger partial charge in [0.15, 0.2) is 23.0 Å². The number of hydrogen-bond donors (Lipinski definition) is 1. The van der Waals surface area contributed by atoms with Crippen LogP contribution in [0.1, 0.15) is 43.7 Å². The van der Waals surface area contributed by atoms with Gasteiger partial charge in [-0.3, -0.25) is 0 Å². The second kappa shape index (κ2) is 10.6. The topological polar surface area (TPSA) is 49.0 Å². The highest BCUT2D eigenvalue weighted by Crippen LogP contribution is 2.38. The monoisotopic (exact) mass is 449 g/mol. The van der Waals surface area contributed by atoms with Crippen molar-refractivity contribution in [2.24, 2.45) is 0 Å². The van der Waals surface area contributed by atoms with Crippen LogP contribution in [0.2, 0.25) is 0 Å². The highest BCUT2D eigenvalue weighted by atomic mass is 79.9. The van der Waals surface area contributed by atoms with Crippen LogP contribution in [-0.4, -0.2) is 20.4 Å². The minimum atomic E-state index is 0.271. The van der Waals surface area contributed by atoms with Crippen LogP contribution in [-0.2, 0) is 13.2 Å². The number of fused-ring (bicyclic) bond motifs is 1. The van der Waals surface area contributed by atoms with E-state index in [4.69, 9.17) is 18.9 Å². The molecule has 1 heterocycles. The van der Waals surface area contributed by atoms with Gasteiger partial charge in [-0.25, -0.2) is 0 Å². The molecule has 0 spiro atoms.